The van der Waals surface area contributed by atoms with Crippen LogP contribution in [0.25, 0.3) is 0 Å². The van der Waals surface area contributed by atoms with E-state index in [0.29, 0.717) is 0 Å². The summed E-state index contributed by atoms with van der Waals surface area (Å²) in [6.45, 7) is 18.6. The van der Waals surface area contributed by atoms with Gasteiger partial charge in [-0.3, -0.25) is 0 Å². The molecule has 1 aromatic carbocycles. The maximum absolute atomic E-state index is 4.22. The summed E-state index contributed by atoms with van der Waals surface area (Å²) in [5.74, 6) is 3.58. The zero-order valence-corrected chi connectivity index (χ0v) is 27.9. The van der Waals surface area contributed by atoms with Gasteiger partial charge in [-0.15, -0.1) is 0 Å². The molecule has 0 heterocycles. The summed E-state index contributed by atoms with van der Waals surface area (Å²) >= 11 is 0. The van der Waals surface area contributed by atoms with Gasteiger partial charge in [0.1, 0.15) is 0 Å². The topological polar surface area (TPSA) is 0 Å². The molecule has 1 aromatic rings. The van der Waals surface area contributed by atoms with Crippen LogP contribution in [-0.2, 0) is 78.3 Å². The van der Waals surface area contributed by atoms with E-state index in [1.54, 1.807) is 11.1 Å². The first-order chi connectivity index (χ1) is 14.2. The van der Waals surface area contributed by atoms with Crippen LogP contribution in [0.4, 0.5) is 0 Å². The van der Waals surface area contributed by atoms with Gasteiger partial charge in [0.15, 0.2) is 0 Å². The first kappa shape index (κ1) is 37.0. The molecule has 0 bridgehead atoms. The summed E-state index contributed by atoms with van der Waals surface area (Å²) in [6, 6.07) is 9.63. The largest absolute Gasteiger partial charge is 0.340 e. The molecular formula is C29H57Y2-. The molecule has 31 heavy (non-hydrogen) atoms. The van der Waals surface area contributed by atoms with Crippen LogP contribution in [0, 0.1) is 30.6 Å². The van der Waals surface area contributed by atoms with Crippen molar-refractivity contribution in [3.05, 3.63) is 42.3 Å². The third-order valence-electron chi connectivity index (χ3n) is 6.58. The molecule has 0 atom stereocenters. The zero-order chi connectivity index (χ0) is 22.1. The van der Waals surface area contributed by atoms with E-state index in [0.717, 1.165) is 23.7 Å². The van der Waals surface area contributed by atoms with Crippen molar-refractivity contribution in [2.45, 2.75) is 119 Å². The molecule has 180 valence electrons. The summed E-state index contributed by atoms with van der Waals surface area (Å²) in [5, 5.41) is 0. The Balaban J connectivity index is -0.000000242. The van der Waals surface area contributed by atoms with Gasteiger partial charge in [0, 0.05) is 68.3 Å². The third kappa shape index (κ3) is 15.9. The van der Waals surface area contributed by atoms with Crippen molar-refractivity contribution in [3.8, 4) is 0 Å². The zero-order valence-electron chi connectivity index (χ0n) is 22.3. The molecule has 2 heteroatoms. The number of hydrogen-bond acceptors (Lipinski definition) is 0. The van der Waals surface area contributed by atoms with E-state index < -0.39 is 0 Å². The van der Waals surface area contributed by atoms with Gasteiger partial charge < -0.3 is 6.92 Å². The van der Waals surface area contributed by atoms with Crippen molar-refractivity contribution in [2.75, 3.05) is 0 Å². The smallest absolute Gasteiger partial charge is 0 e. The maximum Gasteiger partial charge on any atom is 0 e. The Morgan fingerprint density at radius 2 is 0.903 bits per heavy atom. The molecule has 0 unspecified atom stereocenters. The Hall–Kier alpha value is 1.43. The first-order valence-corrected chi connectivity index (χ1v) is 13.1. The normalized spacial score (nSPS) is 24.3. The average molecular weight is 584 g/mol. The molecule has 2 saturated carbocycles. The number of rotatable bonds is 5. The molecule has 0 amide bonds. The molecule has 0 aromatic heterocycles. The van der Waals surface area contributed by atoms with Crippen molar-refractivity contribution in [2.24, 2.45) is 23.7 Å². The predicted molar refractivity (Wildman–Crippen MR) is 139 cm³/mol. The molecule has 3 rings (SSSR count). The molecule has 2 aliphatic rings. The molecule has 0 saturated heterocycles. The minimum Gasteiger partial charge on any atom is -0.340 e. The molecule has 0 aliphatic heterocycles. The van der Waals surface area contributed by atoms with Crippen LogP contribution in [0.1, 0.15) is 120 Å². The van der Waals surface area contributed by atoms with Gasteiger partial charge in [-0.25, -0.2) is 0 Å². The fourth-order valence-corrected chi connectivity index (χ4v) is 4.76. The van der Waals surface area contributed by atoms with Gasteiger partial charge >= 0.3 is 0 Å². The van der Waals surface area contributed by atoms with Crippen molar-refractivity contribution in [3.63, 3.8) is 0 Å². The van der Waals surface area contributed by atoms with Gasteiger partial charge in [0.05, 0.1) is 0 Å². The van der Waals surface area contributed by atoms with E-state index >= 15 is 0 Å². The quantitative estimate of drug-likeness (QED) is 0.303. The Bertz CT molecular complexity index is 463. The van der Waals surface area contributed by atoms with Gasteiger partial charge in [0.2, 0.25) is 0 Å². The molecule has 2 aliphatic carbocycles. The van der Waals surface area contributed by atoms with Crippen molar-refractivity contribution in [1.82, 2.24) is 0 Å². The Morgan fingerprint density at radius 1 is 0.613 bits per heavy atom. The van der Waals surface area contributed by atoms with Gasteiger partial charge in [-0.1, -0.05) is 118 Å². The van der Waals surface area contributed by atoms with Crippen molar-refractivity contribution < 1.29 is 68.3 Å². The van der Waals surface area contributed by atoms with Gasteiger partial charge in [0.25, 0.3) is 0 Å². The van der Waals surface area contributed by atoms with E-state index in [1.807, 2.05) is 41.5 Å². The van der Waals surface area contributed by atoms with E-state index in [1.165, 1.54) is 70.6 Å². The van der Waals surface area contributed by atoms with Crippen LogP contribution < -0.4 is 0 Å². The molecule has 2 fully saturated rings. The summed E-state index contributed by atoms with van der Waals surface area (Å²) in [7, 11) is 0. The second-order valence-corrected chi connectivity index (χ2v) is 8.41. The molecule has 0 nitrogen and oxygen atoms in total. The standard InChI is InChI=1S/C23H35.3C2H6.2Y.2H2/c1-3-19-8-10-21(11-9-19)17-23-14-12-22(13-15-23)16-20-6-4-18(2)5-7-20;3*1-2;;;;/h12-15,18-21H,2-11,16-17H2,1H3;3*1-2H3;;;2*1H/q-1;;;;;;;. The summed E-state index contributed by atoms with van der Waals surface area (Å²) in [6.07, 6.45) is 15.3. The monoisotopic (exact) mass is 583 g/mol. The summed E-state index contributed by atoms with van der Waals surface area (Å²) in [5.41, 5.74) is 3.12. The van der Waals surface area contributed by atoms with Gasteiger partial charge in [-0.05, 0) is 54.6 Å². The molecular weight excluding hydrogens is 526 g/mol. The second-order valence-electron chi connectivity index (χ2n) is 8.41. The SMILES string of the molecule is CC.CC.CC.[CH2-]C1CCC(Cc2ccc(CC3CCC(CC)CC3)cc2)CC1.[HH].[HH].[Y].[Y]. The van der Waals surface area contributed by atoms with Gasteiger partial charge in [-0.2, -0.15) is 5.92 Å². The summed E-state index contributed by atoms with van der Waals surface area (Å²) in [4.78, 5) is 0. The van der Waals surface area contributed by atoms with Crippen molar-refractivity contribution in [1.29, 1.82) is 0 Å². The Kier molecular flexibility index (Phi) is 29.3. The van der Waals surface area contributed by atoms with Crippen LogP contribution in [0.2, 0.25) is 0 Å². The molecule has 0 spiro atoms. The minimum absolute atomic E-state index is 0. The fraction of sp³-hybridized carbons (Fsp3) is 0.759. The fourth-order valence-electron chi connectivity index (χ4n) is 4.76. The van der Waals surface area contributed by atoms with Crippen LogP contribution in [-0.4, -0.2) is 0 Å². The Labute approximate surface area is 251 Å². The average Bonchev–Trinajstić information content (AvgIpc) is 2.81. The van der Waals surface area contributed by atoms with E-state index in [4.69, 9.17) is 0 Å². The van der Waals surface area contributed by atoms with Crippen LogP contribution in [0.5, 0.6) is 0 Å². The van der Waals surface area contributed by atoms with E-state index in [2.05, 4.69) is 38.1 Å². The number of hydrogen-bond donors (Lipinski definition) is 0. The summed E-state index contributed by atoms with van der Waals surface area (Å²) < 4.78 is 0. The van der Waals surface area contributed by atoms with Crippen LogP contribution in [0.15, 0.2) is 24.3 Å². The second kappa shape index (κ2) is 24.5. The Morgan fingerprint density at radius 3 is 1.23 bits per heavy atom. The van der Waals surface area contributed by atoms with Crippen LogP contribution in [0.3, 0.4) is 0 Å². The number of benzene rings is 1. The molecule has 0 N–H and O–H groups in total. The van der Waals surface area contributed by atoms with Crippen LogP contribution >= 0.6 is 0 Å². The van der Waals surface area contributed by atoms with Crippen molar-refractivity contribution >= 4 is 0 Å². The predicted octanol–water partition coefficient (Wildman–Crippen LogP) is 10.2. The third-order valence-corrected chi connectivity index (χ3v) is 6.58. The van der Waals surface area contributed by atoms with E-state index in [-0.39, 0.29) is 68.3 Å². The minimum atomic E-state index is 0. The van der Waals surface area contributed by atoms with E-state index in [9.17, 15) is 0 Å². The molecule has 2 radical (unpaired) electrons. The first-order valence-electron chi connectivity index (χ1n) is 13.1. The maximum atomic E-state index is 4.22.